The van der Waals surface area contributed by atoms with E-state index < -0.39 is 0 Å². The predicted molar refractivity (Wildman–Crippen MR) is 73.5 cm³/mol. The van der Waals surface area contributed by atoms with Gasteiger partial charge in [-0.3, -0.25) is 0 Å². The number of benzene rings is 1. The highest BCUT2D eigenvalue weighted by Gasteiger charge is 2.13. The number of nitrogen functional groups attached to an aromatic ring is 1. The topological polar surface area (TPSA) is 78.8 Å². The quantitative estimate of drug-likeness (QED) is 0.632. The first kappa shape index (κ1) is 13.5. The van der Waals surface area contributed by atoms with Crippen LogP contribution in [0, 0.1) is 6.92 Å². The largest absolute Gasteiger partial charge is 0.398 e. The number of nitrogens with two attached hydrogens (primary N) is 1. The smallest absolute Gasteiger partial charge is 0.184 e. The number of rotatable bonds is 6. The number of tetrazole rings is 1. The zero-order chi connectivity index (χ0) is 13.7. The van der Waals surface area contributed by atoms with Crippen LogP contribution in [0.25, 0.3) is 11.4 Å². The fourth-order valence-electron chi connectivity index (χ4n) is 1.99. The van der Waals surface area contributed by atoms with Crippen molar-refractivity contribution in [1.82, 2.24) is 20.2 Å². The van der Waals surface area contributed by atoms with Gasteiger partial charge in [-0.05, 0) is 42.3 Å². The molecule has 0 saturated heterocycles. The molecule has 0 unspecified atom stereocenters. The van der Waals surface area contributed by atoms with Crippen LogP contribution < -0.4 is 5.73 Å². The predicted octanol–water partition coefficient (Wildman–Crippen LogP) is 1.66. The van der Waals surface area contributed by atoms with Crippen LogP contribution in [-0.2, 0) is 11.3 Å². The highest BCUT2D eigenvalue weighted by molar-refractivity contribution is 5.74. The molecule has 2 N–H and O–H groups in total. The Kier molecular flexibility index (Phi) is 4.46. The Morgan fingerprint density at radius 2 is 2.21 bits per heavy atom. The highest BCUT2D eigenvalue weighted by Crippen LogP contribution is 2.26. The van der Waals surface area contributed by atoms with Gasteiger partial charge in [-0.25, -0.2) is 4.68 Å². The summed E-state index contributed by atoms with van der Waals surface area (Å²) >= 11 is 0. The average molecular weight is 261 g/mol. The summed E-state index contributed by atoms with van der Waals surface area (Å²) in [5.74, 6) is 0.715. The second kappa shape index (κ2) is 6.29. The molecule has 6 heteroatoms. The molecule has 6 nitrogen and oxygen atoms in total. The molecule has 2 aromatic rings. The van der Waals surface area contributed by atoms with Crippen LogP contribution >= 0.6 is 0 Å². The molecule has 0 bridgehead atoms. The van der Waals surface area contributed by atoms with Crippen molar-refractivity contribution in [2.75, 3.05) is 18.9 Å². The maximum absolute atomic E-state index is 6.02. The van der Waals surface area contributed by atoms with Gasteiger partial charge in [-0.15, -0.1) is 5.10 Å². The normalized spacial score (nSPS) is 10.8. The molecule has 0 aliphatic rings. The summed E-state index contributed by atoms with van der Waals surface area (Å²) in [4.78, 5) is 0. The molecule has 0 atom stereocenters. The first-order valence-corrected chi connectivity index (χ1v) is 6.43. The van der Waals surface area contributed by atoms with Gasteiger partial charge in [0.25, 0.3) is 0 Å². The molecule has 2 rings (SSSR count). The summed E-state index contributed by atoms with van der Waals surface area (Å²) in [6.45, 7) is 6.14. The van der Waals surface area contributed by atoms with E-state index in [2.05, 4.69) is 15.5 Å². The van der Waals surface area contributed by atoms with Crippen molar-refractivity contribution in [3.8, 4) is 11.4 Å². The second-order valence-electron chi connectivity index (χ2n) is 4.32. The van der Waals surface area contributed by atoms with E-state index in [1.165, 1.54) is 0 Å². The molecule has 0 spiro atoms. The van der Waals surface area contributed by atoms with Crippen LogP contribution in [0.1, 0.15) is 18.9 Å². The standard InChI is InChI=1S/C13H19N5O/c1-3-19-9-5-8-18-13(15-16-17-18)12-10(2)6-4-7-11(12)14/h4,6-7H,3,5,8-9,14H2,1-2H3. The Morgan fingerprint density at radius 1 is 1.37 bits per heavy atom. The van der Waals surface area contributed by atoms with E-state index in [-0.39, 0.29) is 0 Å². The molecule has 0 amide bonds. The fourth-order valence-corrected chi connectivity index (χ4v) is 1.99. The van der Waals surface area contributed by atoms with Crippen molar-refractivity contribution < 1.29 is 4.74 Å². The van der Waals surface area contributed by atoms with Crippen LogP contribution in [-0.4, -0.2) is 33.4 Å². The lowest BCUT2D eigenvalue weighted by atomic mass is 10.1. The SMILES string of the molecule is CCOCCCn1nnnc1-c1c(C)cccc1N. The van der Waals surface area contributed by atoms with Crippen molar-refractivity contribution in [2.45, 2.75) is 26.8 Å². The van der Waals surface area contributed by atoms with Gasteiger partial charge < -0.3 is 10.5 Å². The van der Waals surface area contributed by atoms with E-state index in [4.69, 9.17) is 10.5 Å². The Morgan fingerprint density at radius 3 is 2.95 bits per heavy atom. The minimum Gasteiger partial charge on any atom is -0.398 e. The minimum atomic E-state index is 0.695. The van der Waals surface area contributed by atoms with Crippen molar-refractivity contribution in [3.63, 3.8) is 0 Å². The van der Waals surface area contributed by atoms with E-state index in [0.29, 0.717) is 18.1 Å². The summed E-state index contributed by atoms with van der Waals surface area (Å²) in [5, 5.41) is 11.9. The fraction of sp³-hybridized carbons (Fsp3) is 0.462. The lowest BCUT2D eigenvalue weighted by Gasteiger charge is -2.09. The summed E-state index contributed by atoms with van der Waals surface area (Å²) < 4.78 is 7.09. The number of ether oxygens (including phenoxy) is 1. The Bertz CT molecular complexity index is 517. The summed E-state index contributed by atoms with van der Waals surface area (Å²) in [6, 6.07) is 5.80. The summed E-state index contributed by atoms with van der Waals surface area (Å²) in [6.07, 6.45) is 0.873. The number of hydrogen-bond donors (Lipinski definition) is 1. The Balaban J connectivity index is 2.19. The second-order valence-corrected chi connectivity index (χ2v) is 4.32. The number of aryl methyl sites for hydroxylation is 2. The first-order valence-electron chi connectivity index (χ1n) is 6.43. The molecule has 1 aromatic heterocycles. The van der Waals surface area contributed by atoms with Gasteiger partial charge in [0, 0.05) is 31.0 Å². The van der Waals surface area contributed by atoms with E-state index in [0.717, 1.165) is 30.7 Å². The molecule has 0 aliphatic heterocycles. The molecule has 0 fully saturated rings. The van der Waals surface area contributed by atoms with E-state index in [1.54, 1.807) is 4.68 Å². The van der Waals surface area contributed by atoms with Crippen molar-refractivity contribution in [1.29, 1.82) is 0 Å². The average Bonchev–Trinajstić information content (AvgIpc) is 2.83. The number of nitrogens with zero attached hydrogens (tertiary/aromatic N) is 4. The Hall–Kier alpha value is -1.95. The van der Waals surface area contributed by atoms with Gasteiger partial charge in [-0.2, -0.15) is 0 Å². The monoisotopic (exact) mass is 261 g/mol. The van der Waals surface area contributed by atoms with E-state index in [1.807, 2.05) is 32.0 Å². The molecule has 1 heterocycles. The molecule has 0 radical (unpaired) electrons. The lowest BCUT2D eigenvalue weighted by Crippen LogP contribution is -2.07. The van der Waals surface area contributed by atoms with Gasteiger partial charge in [-0.1, -0.05) is 12.1 Å². The zero-order valence-electron chi connectivity index (χ0n) is 11.3. The molecule has 102 valence electrons. The maximum atomic E-state index is 6.02. The van der Waals surface area contributed by atoms with E-state index >= 15 is 0 Å². The molecular formula is C13H19N5O. The third-order valence-corrected chi connectivity index (χ3v) is 2.92. The molecule has 1 aromatic carbocycles. The van der Waals surface area contributed by atoms with Crippen LogP contribution in [0.4, 0.5) is 5.69 Å². The van der Waals surface area contributed by atoms with Crippen LogP contribution in [0.2, 0.25) is 0 Å². The van der Waals surface area contributed by atoms with Gasteiger partial charge in [0.1, 0.15) is 0 Å². The van der Waals surface area contributed by atoms with Gasteiger partial charge in [0.2, 0.25) is 0 Å². The molecular weight excluding hydrogens is 242 g/mol. The van der Waals surface area contributed by atoms with Gasteiger partial charge in [0.05, 0.1) is 0 Å². The maximum Gasteiger partial charge on any atom is 0.184 e. The van der Waals surface area contributed by atoms with Crippen molar-refractivity contribution >= 4 is 5.69 Å². The van der Waals surface area contributed by atoms with Crippen LogP contribution in [0.15, 0.2) is 18.2 Å². The highest BCUT2D eigenvalue weighted by atomic mass is 16.5. The molecule has 19 heavy (non-hydrogen) atoms. The summed E-state index contributed by atoms with van der Waals surface area (Å²) in [7, 11) is 0. The molecule has 0 saturated carbocycles. The Labute approximate surface area is 112 Å². The number of anilines is 1. The molecule has 0 aliphatic carbocycles. The number of aromatic nitrogens is 4. The van der Waals surface area contributed by atoms with Crippen LogP contribution in [0.3, 0.4) is 0 Å². The van der Waals surface area contributed by atoms with Crippen molar-refractivity contribution in [3.05, 3.63) is 23.8 Å². The van der Waals surface area contributed by atoms with Crippen LogP contribution in [0.5, 0.6) is 0 Å². The van der Waals surface area contributed by atoms with Gasteiger partial charge in [0.15, 0.2) is 5.82 Å². The third-order valence-electron chi connectivity index (χ3n) is 2.92. The lowest BCUT2D eigenvalue weighted by molar-refractivity contribution is 0.141. The van der Waals surface area contributed by atoms with E-state index in [9.17, 15) is 0 Å². The van der Waals surface area contributed by atoms with Crippen molar-refractivity contribution in [2.24, 2.45) is 0 Å². The third kappa shape index (κ3) is 3.08. The first-order chi connectivity index (χ1) is 9.24. The van der Waals surface area contributed by atoms with Gasteiger partial charge >= 0.3 is 0 Å². The number of hydrogen-bond acceptors (Lipinski definition) is 5. The zero-order valence-corrected chi connectivity index (χ0v) is 11.3. The minimum absolute atomic E-state index is 0.695. The summed E-state index contributed by atoms with van der Waals surface area (Å²) in [5.41, 5.74) is 8.70.